The van der Waals surface area contributed by atoms with Crippen LogP contribution in [0.5, 0.6) is 0 Å². The molecule has 1 aliphatic rings. The lowest BCUT2D eigenvalue weighted by Gasteiger charge is -2.18. The van der Waals surface area contributed by atoms with E-state index in [1.54, 1.807) is 0 Å². The lowest BCUT2D eigenvalue weighted by atomic mass is 10.3. The third-order valence-corrected chi connectivity index (χ3v) is 2.64. The minimum absolute atomic E-state index is 0.467. The van der Waals surface area contributed by atoms with Crippen LogP contribution in [-0.2, 0) is 11.3 Å². The zero-order valence-corrected chi connectivity index (χ0v) is 9.44. The van der Waals surface area contributed by atoms with Gasteiger partial charge in [0.1, 0.15) is 0 Å². The molecule has 3 heteroatoms. The number of rotatable bonds is 5. The maximum absolute atomic E-state index is 5.24. The zero-order valence-electron chi connectivity index (χ0n) is 9.44. The van der Waals surface area contributed by atoms with Crippen molar-refractivity contribution in [1.29, 1.82) is 0 Å². The number of likely N-dealkylation sites (N-methyl/N-ethyl adjacent to an activating group) is 1. The number of hydrogen-bond acceptors (Lipinski definition) is 3. The van der Waals surface area contributed by atoms with Crippen LogP contribution in [0, 0.1) is 6.92 Å². The summed E-state index contributed by atoms with van der Waals surface area (Å²) in [4.78, 5) is 6.88. The van der Waals surface area contributed by atoms with Crippen LogP contribution in [0.15, 0.2) is 18.2 Å². The van der Waals surface area contributed by atoms with Gasteiger partial charge in [-0.05, 0) is 25.6 Å². The molecule has 1 saturated heterocycles. The Bertz CT molecular complexity index is 323. The van der Waals surface area contributed by atoms with Crippen LogP contribution >= 0.6 is 0 Å². The van der Waals surface area contributed by atoms with Crippen LogP contribution < -0.4 is 0 Å². The molecular formula is C12H18N2O. The Morgan fingerprint density at radius 1 is 1.53 bits per heavy atom. The highest BCUT2D eigenvalue weighted by atomic mass is 16.6. The summed E-state index contributed by atoms with van der Waals surface area (Å²) in [6, 6.07) is 6.19. The normalized spacial score (nSPS) is 19.5. The molecule has 1 aromatic heterocycles. The molecule has 0 N–H and O–H groups in total. The van der Waals surface area contributed by atoms with Crippen LogP contribution in [0.3, 0.4) is 0 Å². The van der Waals surface area contributed by atoms with Crippen molar-refractivity contribution in [3.63, 3.8) is 0 Å². The smallest absolute Gasteiger partial charge is 0.0936 e. The fourth-order valence-corrected chi connectivity index (χ4v) is 1.68. The van der Waals surface area contributed by atoms with E-state index in [2.05, 4.69) is 28.9 Å². The van der Waals surface area contributed by atoms with Crippen molar-refractivity contribution in [3.8, 4) is 0 Å². The van der Waals surface area contributed by atoms with Gasteiger partial charge in [-0.1, -0.05) is 13.0 Å². The third-order valence-electron chi connectivity index (χ3n) is 2.64. The highest BCUT2D eigenvalue weighted by Crippen LogP contribution is 2.12. The van der Waals surface area contributed by atoms with E-state index in [9.17, 15) is 0 Å². The Kier molecular flexibility index (Phi) is 3.34. The summed E-state index contributed by atoms with van der Waals surface area (Å²) in [6.45, 7) is 8.15. The molecular weight excluding hydrogens is 188 g/mol. The van der Waals surface area contributed by atoms with E-state index in [4.69, 9.17) is 4.74 Å². The quantitative estimate of drug-likeness (QED) is 0.685. The molecule has 3 nitrogen and oxygen atoms in total. The van der Waals surface area contributed by atoms with E-state index in [0.717, 1.165) is 37.6 Å². The maximum atomic E-state index is 5.24. The summed E-state index contributed by atoms with van der Waals surface area (Å²) in [5.41, 5.74) is 2.24. The van der Waals surface area contributed by atoms with Crippen LogP contribution in [0.1, 0.15) is 18.3 Å². The molecule has 0 amide bonds. The summed E-state index contributed by atoms with van der Waals surface area (Å²) >= 11 is 0. The first-order valence-electron chi connectivity index (χ1n) is 5.54. The first-order chi connectivity index (χ1) is 7.28. The van der Waals surface area contributed by atoms with Crippen LogP contribution in [0.4, 0.5) is 0 Å². The van der Waals surface area contributed by atoms with Gasteiger partial charge in [-0.2, -0.15) is 0 Å². The minimum atomic E-state index is 0.467. The van der Waals surface area contributed by atoms with E-state index in [1.807, 2.05) is 13.0 Å². The highest BCUT2D eigenvalue weighted by Gasteiger charge is 2.24. The second-order valence-electron chi connectivity index (χ2n) is 4.05. The summed E-state index contributed by atoms with van der Waals surface area (Å²) in [5.74, 6) is 0. The molecule has 0 bridgehead atoms. The van der Waals surface area contributed by atoms with E-state index in [1.165, 1.54) is 0 Å². The number of aromatic nitrogens is 1. The minimum Gasteiger partial charge on any atom is -0.372 e. The van der Waals surface area contributed by atoms with Gasteiger partial charge in [0.25, 0.3) is 0 Å². The average molecular weight is 206 g/mol. The zero-order chi connectivity index (χ0) is 10.7. The van der Waals surface area contributed by atoms with E-state index in [-0.39, 0.29) is 0 Å². The number of epoxide rings is 1. The number of hydrogen-bond donors (Lipinski definition) is 0. The Labute approximate surface area is 91.1 Å². The molecule has 15 heavy (non-hydrogen) atoms. The maximum Gasteiger partial charge on any atom is 0.0936 e. The highest BCUT2D eigenvalue weighted by molar-refractivity contribution is 5.09. The van der Waals surface area contributed by atoms with Gasteiger partial charge in [-0.3, -0.25) is 9.88 Å². The monoisotopic (exact) mass is 206 g/mol. The van der Waals surface area contributed by atoms with Crippen molar-refractivity contribution in [2.75, 3.05) is 19.7 Å². The Morgan fingerprint density at radius 3 is 2.93 bits per heavy atom. The SMILES string of the molecule is CCN(Cc1cccc(C)n1)CC1CO1. The third kappa shape index (κ3) is 3.29. The molecule has 1 aromatic rings. The van der Waals surface area contributed by atoms with Gasteiger partial charge in [0, 0.05) is 18.8 Å². The van der Waals surface area contributed by atoms with E-state index in [0.29, 0.717) is 6.10 Å². The average Bonchev–Trinajstić information content (AvgIpc) is 3.01. The molecule has 2 rings (SSSR count). The summed E-state index contributed by atoms with van der Waals surface area (Å²) in [7, 11) is 0. The Hall–Kier alpha value is -0.930. The van der Waals surface area contributed by atoms with E-state index < -0.39 is 0 Å². The Balaban J connectivity index is 1.92. The number of nitrogens with zero attached hydrogens (tertiary/aromatic N) is 2. The summed E-state index contributed by atoms with van der Waals surface area (Å²) in [5, 5.41) is 0. The molecule has 0 aromatic carbocycles. The van der Waals surface area contributed by atoms with Crippen molar-refractivity contribution in [1.82, 2.24) is 9.88 Å². The first kappa shape index (κ1) is 10.6. The van der Waals surface area contributed by atoms with Gasteiger partial charge < -0.3 is 4.74 Å². The van der Waals surface area contributed by atoms with Crippen molar-refractivity contribution >= 4 is 0 Å². The molecule has 0 radical (unpaired) electrons. The number of ether oxygens (including phenoxy) is 1. The van der Waals surface area contributed by atoms with Gasteiger partial charge in [-0.15, -0.1) is 0 Å². The predicted molar refractivity (Wildman–Crippen MR) is 59.7 cm³/mol. The van der Waals surface area contributed by atoms with Gasteiger partial charge in [0.2, 0.25) is 0 Å². The molecule has 1 unspecified atom stereocenters. The lowest BCUT2D eigenvalue weighted by Crippen LogP contribution is -2.27. The fraction of sp³-hybridized carbons (Fsp3) is 0.583. The van der Waals surface area contributed by atoms with Gasteiger partial charge in [-0.25, -0.2) is 0 Å². The number of aryl methyl sites for hydroxylation is 1. The largest absolute Gasteiger partial charge is 0.372 e. The molecule has 1 fully saturated rings. The van der Waals surface area contributed by atoms with Crippen molar-refractivity contribution < 1.29 is 4.74 Å². The molecule has 82 valence electrons. The second-order valence-corrected chi connectivity index (χ2v) is 4.05. The lowest BCUT2D eigenvalue weighted by molar-refractivity contribution is 0.243. The molecule has 2 heterocycles. The summed E-state index contributed by atoms with van der Waals surface area (Å²) in [6.07, 6.45) is 0.467. The molecule has 0 saturated carbocycles. The van der Waals surface area contributed by atoms with Crippen molar-refractivity contribution in [2.45, 2.75) is 26.5 Å². The first-order valence-corrected chi connectivity index (χ1v) is 5.54. The second kappa shape index (κ2) is 4.73. The fourth-order valence-electron chi connectivity index (χ4n) is 1.68. The predicted octanol–water partition coefficient (Wildman–Crippen LogP) is 1.61. The van der Waals surface area contributed by atoms with Crippen LogP contribution in [-0.4, -0.2) is 35.7 Å². The number of pyridine rings is 1. The Morgan fingerprint density at radius 2 is 2.33 bits per heavy atom. The van der Waals surface area contributed by atoms with Gasteiger partial charge >= 0.3 is 0 Å². The van der Waals surface area contributed by atoms with E-state index >= 15 is 0 Å². The summed E-state index contributed by atoms with van der Waals surface area (Å²) < 4.78 is 5.24. The van der Waals surface area contributed by atoms with Crippen LogP contribution in [0.2, 0.25) is 0 Å². The van der Waals surface area contributed by atoms with Crippen LogP contribution in [0.25, 0.3) is 0 Å². The standard InChI is InChI=1S/C12H18N2O/c1-3-14(8-12-9-15-12)7-11-6-4-5-10(2)13-11/h4-6,12H,3,7-9H2,1-2H3. The molecule has 1 aliphatic heterocycles. The van der Waals surface area contributed by atoms with Gasteiger partial charge in [0.05, 0.1) is 18.4 Å². The molecule has 1 atom stereocenters. The van der Waals surface area contributed by atoms with Crippen molar-refractivity contribution in [3.05, 3.63) is 29.6 Å². The van der Waals surface area contributed by atoms with Crippen molar-refractivity contribution in [2.24, 2.45) is 0 Å². The molecule has 0 spiro atoms. The topological polar surface area (TPSA) is 28.7 Å². The molecule has 0 aliphatic carbocycles. The van der Waals surface area contributed by atoms with Gasteiger partial charge in [0.15, 0.2) is 0 Å².